The lowest BCUT2D eigenvalue weighted by molar-refractivity contribution is 0.0102. The van der Waals surface area contributed by atoms with E-state index in [1.807, 2.05) is 0 Å². The molecule has 1 fully saturated rings. The molecule has 2 atom stereocenters. The van der Waals surface area contributed by atoms with Crippen molar-refractivity contribution in [3.63, 3.8) is 0 Å². The van der Waals surface area contributed by atoms with Crippen molar-refractivity contribution in [2.75, 3.05) is 31.6 Å². The molecule has 1 aliphatic heterocycles. The van der Waals surface area contributed by atoms with E-state index in [-0.39, 0.29) is 12.1 Å². The van der Waals surface area contributed by atoms with Crippen LogP contribution in [0.1, 0.15) is 29.7 Å². The number of nitrogens with zero attached hydrogens (tertiary/aromatic N) is 1. The average molecular weight is 384 g/mol. The first-order valence-corrected chi connectivity index (χ1v) is 9.97. The second kappa shape index (κ2) is 9.31. The fourth-order valence-corrected chi connectivity index (χ4v) is 3.90. The van der Waals surface area contributed by atoms with Gasteiger partial charge in [-0.05, 0) is 61.8 Å². The van der Waals surface area contributed by atoms with Crippen molar-refractivity contribution in [3.05, 3.63) is 65.2 Å². The van der Waals surface area contributed by atoms with E-state index >= 15 is 0 Å². The predicted octanol–water partition coefficient (Wildman–Crippen LogP) is 4.05. The first-order chi connectivity index (χ1) is 13.0. The highest BCUT2D eigenvalue weighted by Crippen LogP contribution is 2.25. The fraction of sp³-hybridized carbons (Fsp3) is 0.409. The third kappa shape index (κ3) is 5.28. The Balaban J connectivity index is 1.70. The molecule has 2 aromatic rings. The third-order valence-corrected chi connectivity index (χ3v) is 5.40. The van der Waals surface area contributed by atoms with E-state index in [9.17, 15) is 0 Å². The van der Waals surface area contributed by atoms with Gasteiger partial charge < -0.3 is 15.4 Å². The van der Waals surface area contributed by atoms with Crippen molar-refractivity contribution in [2.45, 2.75) is 32.9 Å². The van der Waals surface area contributed by atoms with Gasteiger partial charge >= 0.3 is 0 Å². The van der Waals surface area contributed by atoms with Crippen LogP contribution in [0.25, 0.3) is 0 Å². The Kier molecular flexibility index (Phi) is 6.83. The molecule has 0 unspecified atom stereocenters. The minimum Gasteiger partial charge on any atom is -0.379 e. The van der Waals surface area contributed by atoms with E-state index in [1.54, 1.807) is 0 Å². The molecule has 0 saturated carbocycles. The minimum atomic E-state index is 0.164. The number of thiocarbonyl (C=S) groups is 1. The zero-order valence-electron chi connectivity index (χ0n) is 16.4. The minimum absolute atomic E-state index is 0.164. The Labute approximate surface area is 167 Å². The molecule has 0 amide bonds. The highest BCUT2D eigenvalue weighted by molar-refractivity contribution is 7.80. The van der Waals surface area contributed by atoms with Crippen LogP contribution in [0.5, 0.6) is 0 Å². The predicted molar refractivity (Wildman–Crippen MR) is 116 cm³/mol. The summed E-state index contributed by atoms with van der Waals surface area (Å²) in [5.74, 6) is 0. The van der Waals surface area contributed by atoms with Gasteiger partial charge in [-0.15, -0.1) is 0 Å². The van der Waals surface area contributed by atoms with Crippen LogP contribution in [0, 0.1) is 13.8 Å². The van der Waals surface area contributed by atoms with Gasteiger partial charge in [0.1, 0.15) is 0 Å². The Morgan fingerprint density at radius 2 is 1.74 bits per heavy atom. The van der Waals surface area contributed by atoms with E-state index in [2.05, 4.69) is 84.8 Å². The second-order valence-corrected chi connectivity index (χ2v) is 7.60. The summed E-state index contributed by atoms with van der Waals surface area (Å²) in [5, 5.41) is 7.48. The normalized spacial score (nSPS) is 17.1. The summed E-state index contributed by atoms with van der Waals surface area (Å²) in [5.41, 5.74) is 4.86. The number of hydrogen-bond donors (Lipinski definition) is 2. The average Bonchev–Trinajstić information content (AvgIpc) is 2.66. The van der Waals surface area contributed by atoms with Gasteiger partial charge in [-0.3, -0.25) is 4.90 Å². The Hall–Kier alpha value is -1.95. The van der Waals surface area contributed by atoms with Gasteiger partial charge in [0.25, 0.3) is 0 Å². The summed E-state index contributed by atoms with van der Waals surface area (Å²) >= 11 is 5.59. The highest BCUT2D eigenvalue weighted by Gasteiger charge is 2.28. The number of benzene rings is 2. The lowest BCUT2D eigenvalue weighted by atomic mass is 9.98. The van der Waals surface area contributed by atoms with Gasteiger partial charge in [-0.2, -0.15) is 0 Å². The molecule has 0 spiro atoms. The van der Waals surface area contributed by atoms with Crippen molar-refractivity contribution in [1.82, 2.24) is 10.2 Å². The molecule has 3 rings (SSSR count). The van der Waals surface area contributed by atoms with Crippen LogP contribution in [-0.4, -0.2) is 42.4 Å². The van der Waals surface area contributed by atoms with Crippen LogP contribution in [-0.2, 0) is 4.74 Å². The van der Waals surface area contributed by atoms with Crippen LogP contribution < -0.4 is 10.6 Å². The van der Waals surface area contributed by atoms with Crippen molar-refractivity contribution in [2.24, 2.45) is 0 Å². The summed E-state index contributed by atoms with van der Waals surface area (Å²) in [6.07, 6.45) is 0. The van der Waals surface area contributed by atoms with E-state index in [1.165, 1.54) is 16.7 Å². The standard InChI is InChI=1S/C22H29N3OS/c1-16-9-10-20(15-17(16)2)24-22(27)23-18(3)21(19-7-5-4-6-8-19)25-11-13-26-14-12-25/h4-10,15,18,21H,11-14H2,1-3H3,(H2,23,24,27)/t18-,21+/m1/s1. The number of anilines is 1. The monoisotopic (exact) mass is 383 g/mol. The molecule has 0 aliphatic carbocycles. The number of ether oxygens (including phenoxy) is 1. The van der Waals surface area contributed by atoms with Crippen molar-refractivity contribution >= 4 is 23.0 Å². The van der Waals surface area contributed by atoms with Crippen molar-refractivity contribution < 1.29 is 4.74 Å². The number of nitrogens with one attached hydrogen (secondary N) is 2. The van der Waals surface area contributed by atoms with Crippen molar-refractivity contribution in [1.29, 1.82) is 0 Å². The van der Waals surface area contributed by atoms with Gasteiger partial charge in [0.05, 0.1) is 19.3 Å². The third-order valence-electron chi connectivity index (χ3n) is 5.18. The molecule has 1 saturated heterocycles. The summed E-state index contributed by atoms with van der Waals surface area (Å²) in [4.78, 5) is 2.48. The molecular formula is C22H29N3OS. The van der Waals surface area contributed by atoms with Crippen LogP contribution in [0.15, 0.2) is 48.5 Å². The number of morpholine rings is 1. The molecule has 0 bridgehead atoms. The second-order valence-electron chi connectivity index (χ2n) is 7.19. The molecule has 4 nitrogen and oxygen atoms in total. The Bertz CT molecular complexity index is 759. The maximum absolute atomic E-state index is 5.59. The first-order valence-electron chi connectivity index (χ1n) is 9.56. The molecular weight excluding hydrogens is 354 g/mol. The van der Waals surface area contributed by atoms with Crippen LogP contribution in [0.4, 0.5) is 5.69 Å². The van der Waals surface area contributed by atoms with Gasteiger partial charge in [0.15, 0.2) is 5.11 Å². The van der Waals surface area contributed by atoms with Gasteiger partial charge in [0, 0.05) is 24.8 Å². The summed E-state index contributed by atoms with van der Waals surface area (Å²) in [6.45, 7) is 9.85. The van der Waals surface area contributed by atoms with E-state index in [0.29, 0.717) is 5.11 Å². The lowest BCUT2D eigenvalue weighted by Gasteiger charge is -2.38. The molecule has 2 N–H and O–H groups in total. The van der Waals surface area contributed by atoms with Crippen molar-refractivity contribution in [3.8, 4) is 0 Å². The number of rotatable bonds is 5. The van der Waals surface area contributed by atoms with Crippen LogP contribution >= 0.6 is 12.2 Å². The summed E-state index contributed by atoms with van der Waals surface area (Å²) in [7, 11) is 0. The molecule has 144 valence electrons. The van der Waals surface area contributed by atoms with Gasteiger partial charge in [-0.1, -0.05) is 36.4 Å². The molecule has 1 aliphatic rings. The zero-order chi connectivity index (χ0) is 19.2. The summed E-state index contributed by atoms with van der Waals surface area (Å²) in [6, 6.07) is 17.4. The molecule has 1 heterocycles. The highest BCUT2D eigenvalue weighted by atomic mass is 32.1. The maximum atomic E-state index is 5.59. The van der Waals surface area contributed by atoms with Gasteiger partial charge in [-0.25, -0.2) is 0 Å². The molecule has 0 radical (unpaired) electrons. The number of aryl methyl sites for hydroxylation is 2. The largest absolute Gasteiger partial charge is 0.379 e. The fourth-order valence-electron chi connectivity index (χ4n) is 3.59. The summed E-state index contributed by atoms with van der Waals surface area (Å²) < 4.78 is 5.55. The quantitative estimate of drug-likeness (QED) is 0.762. The van der Waals surface area contributed by atoms with E-state index in [0.717, 1.165) is 32.0 Å². The maximum Gasteiger partial charge on any atom is 0.171 e. The SMILES string of the molecule is Cc1ccc(NC(=S)N[C@H](C)[C@@H](c2ccccc2)N2CCOCC2)cc1C. The lowest BCUT2D eigenvalue weighted by Crippen LogP contribution is -2.49. The van der Waals surface area contributed by atoms with Crippen LogP contribution in [0.2, 0.25) is 0 Å². The zero-order valence-corrected chi connectivity index (χ0v) is 17.2. The smallest absolute Gasteiger partial charge is 0.171 e. The molecule has 27 heavy (non-hydrogen) atoms. The van der Waals surface area contributed by atoms with Gasteiger partial charge in [0.2, 0.25) is 0 Å². The van der Waals surface area contributed by atoms with Crippen LogP contribution in [0.3, 0.4) is 0 Å². The Morgan fingerprint density at radius 3 is 2.41 bits per heavy atom. The first kappa shape index (κ1) is 19.8. The molecule has 5 heteroatoms. The molecule has 0 aromatic heterocycles. The topological polar surface area (TPSA) is 36.5 Å². The van der Waals surface area contributed by atoms with E-state index < -0.39 is 0 Å². The Morgan fingerprint density at radius 1 is 1.04 bits per heavy atom. The van der Waals surface area contributed by atoms with E-state index in [4.69, 9.17) is 17.0 Å². The number of hydrogen-bond acceptors (Lipinski definition) is 3. The molecule has 2 aromatic carbocycles.